The summed E-state index contributed by atoms with van der Waals surface area (Å²) in [5, 5.41) is 0. The molecule has 0 aliphatic rings. The second kappa shape index (κ2) is 10.1. The SMILES string of the molecule is CCOC(=O)C(C(=O)OCC)(C(F)(F)C(F)(F)F)C(F)(F)C(F)(F)C(F)(F)C(F)(F)C(F)(F)C(F)(F)C(F)(F)F. The molecule has 40 heavy (non-hydrogen) atoms. The Bertz CT molecular complexity index is 929. The van der Waals surface area contributed by atoms with E-state index < -0.39 is 84.4 Å². The Balaban J connectivity index is 8.05. The molecule has 238 valence electrons. The molecule has 0 unspecified atom stereocenters. The number of carbonyl (C=O) groups excluding carboxylic acids is 2. The van der Waals surface area contributed by atoms with E-state index in [2.05, 4.69) is 9.47 Å². The van der Waals surface area contributed by atoms with Crippen LogP contribution < -0.4 is 0 Å². The molecule has 0 amide bonds. The minimum absolute atomic E-state index is 0.290. The number of ether oxygens (including phenoxy) is 2. The molecule has 4 nitrogen and oxygen atoms in total. The highest BCUT2D eigenvalue weighted by Gasteiger charge is 2.99. The first kappa shape index (κ1) is 37.5. The van der Waals surface area contributed by atoms with Gasteiger partial charge in [0.2, 0.25) is 0 Å². The first-order chi connectivity index (χ1) is 17.2. The van der Waals surface area contributed by atoms with Gasteiger partial charge in [0.05, 0.1) is 13.2 Å². The third-order valence-corrected chi connectivity index (χ3v) is 4.79. The first-order valence-electron chi connectivity index (χ1n) is 9.34. The summed E-state index contributed by atoms with van der Waals surface area (Å²) in [6, 6.07) is 0. The zero-order chi connectivity index (χ0) is 33.0. The van der Waals surface area contributed by atoms with Crippen molar-refractivity contribution in [2.75, 3.05) is 13.2 Å². The van der Waals surface area contributed by atoms with E-state index in [-0.39, 0.29) is 0 Å². The summed E-state index contributed by atoms with van der Waals surface area (Å²) < 4.78 is 277. The van der Waals surface area contributed by atoms with Crippen LogP contribution in [0.25, 0.3) is 0 Å². The number of esters is 2. The molecule has 0 aromatic heterocycles. The summed E-state index contributed by atoms with van der Waals surface area (Å²) in [5.74, 6) is -70.4. The van der Waals surface area contributed by atoms with Crippen LogP contribution in [0.3, 0.4) is 0 Å². The van der Waals surface area contributed by atoms with Crippen LogP contribution in [0.1, 0.15) is 13.8 Å². The van der Waals surface area contributed by atoms with Crippen molar-refractivity contribution >= 4 is 11.9 Å². The lowest BCUT2D eigenvalue weighted by Crippen LogP contribution is -2.79. The van der Waals surface area contributed by atoms with Crippen molar-refractivity contribution in [3.8, 4) is 0 Å². The highest BCUT2D eigenvalue weighted by atomic mass is 19.4. The predicted molar refractivity (Wildman–Crippen MR) is 82.4 cm³/mol. The molecular weight excluding hydrogens is 636 g/mol. The molecule has 0 aliphatic carbocycles. The fourth-order valence-electron chi connectivity index (χ4n) is 2.69. The average Bonchev–Trinajstić information content (AvgIpc) is 2.71. The van der Waals surface area contributed by atoms with Crippen molar-refractivity contribution in [2.45, 2.75) is 67.7 Å². The van der Waals surface area contributed by atoms with Crippen LogP contribution in [0.2, 0.25) is 0 Å². The van der Waals surface area contributed by atoms with Gasteiger partial charge in [0, 0.05) is 0 Å². The molecule has 0 saturated heterocycles. The summed E-state index contributed by atoms with van der Waals surface area (Å²) in [4.78, 5) is 23.7. The normalized spacial score (nSPS) is 15.7. The standard InChI is InChI=1S/C16H10F20O4/c1-3-39-5(37)7(6(38)40-4-2,9(19,20)15(31,32)33)8(17,18)10(21,22)11(23,24)12(25,26)13(27,28)14(29,30)16(34,35)36/h3-4H2,1-2H3. The van der Waals surface area contributed by atoms with Crippen LogP contribution in [0.5, 0.6) is 0 Å². The number of alkyl halides is 20. The minimum Gasteiger partial charge on any atom is -0.465 e. The molecule has 0 bridgehead atoms. The van der Waals surface area contributed by atoms with Crippen LogP contribution in [0.4, 0.5) is 87.8 Å². The maximum atomic E-state index is 14.8. The Morgan fingerprint density at radius 3 is 0.850 bits per heavy atom. The van der Waals surface area contributed by atoms with Crippen LogP contribution >= 0.6 is 0 Å². The van der Waals surface area contributed by atoms with Gasteiger partial charge in [-0.1, -0.05) is 0 Å². The van der Waals surface area contributed by atoms with Gasteiger partial charge in [0.25, 0.3) is 0 Å². The summed E-state index contributed by atoms with van der Waals surface area (Å²) >= 11 is 0. The second-order valence-electron chi connectivity index (χ2n) is 7.21. The Morgan fingerprint density at radius 2 is 0.625 bits per heavy atom. The third-order valence-electron chi connectivity index (χ3n) is 4.79. The molecule has 0 aromatic carbocycles. The van der Waals surface area contributed by atoms with Gasteiger partial charge < -0.3 is 9.47 Å². The molecule has 0 heterocycles. The maximum absolute atomic E-state index is 14.8. The Labute approximate surface area is 206 Å². The molecule has 0 rings (SSSR count). The van der Waals surface area contributed by atoms with Gasteiger partial charge in [-0.3, -0.25) is 9.59 Å². The predicted octanol–water partition coefficient (Wildman–Crippen LogP) is 6.67. The van der Waals surface area contributed by atoms with E-state index in [0.29, 0.717) is 13.8 Å². The zero-order valence-corrected chi connectivity index (χ0v) is 18.6. The van der Waals surface area contributed by atoms with Crippen molar-refractivity contribution < 1.29 is 107 Å². The van der Waals surface area contributed by atoms with Crippen LogP contribution in [-0.4, -0.2) is 79.0 Å². The first-order valence-corrected chi connectivity index (χ1v) is 9.34. The quantitative estimate of drug-likeness (QED) is 0.143. The topological polar surface area (TPSA) is 52.6 Å². The van der Waals surface area contributed by atoms with Crippen molar-refractivity contribution in [2.24, 2.45) is 5.41 Å². The van der Waals surface area contributed by atoms with Crippen molar-refractivity contribution in [1.82, 2.24) is 0 Å². The average molecular weight is 646 g/mol. The number of carbonyl (C=O) groups is 2. The molecule has 0 fully saturated rings. The molecule has 0 radical (unpaired) electrons. The Kier molecular flexibility index (Phi) is 9.50. The van der Waals surface area contributed by atoms with Gasteiger partial charge in [-0.05, 0) is 13.8 Å². The minimum atomic E-state index is -9.21. The molecule has 0 aliphatic heterocycles. The lowest BCUT2D eigenvalue weighted by atomic mass is 9.70. The number of rotatable bonds is 11. The van der Waals surface area contributed by atoms with Crippen LogP contribution in [-0.2, 0) is 19.1 Å². The van der Waals surface area contributed by atoms with E-state index in [0.717, 1.165) is 0 Å². The lowest BCUT2D eigenvalue weighted by molar-refractivity contribution is -0.463. The molecule has 0 saturated carbocycles. The second-order valence-corrected chi connectivity index (χ2v) is 7.21. The Morgan fingerprint density at radius 1 is 0.400 bits per heavy atom. The smallest absolute Gasteiger partial charge is 0.460 e. The number of hydrogen-bond acceptors (Lipinski definition) is 4. The lowest BCUT2D eigenvalue weighted by Gasteiger charge is -2.47. The monoisotopic (exact) mass is 646 g/mol. The van der Waals surface area contributed by atoms with Gasteiger partial charge in [-0.25, -0.2) is 0 Å². The molecule has 0 aromatic rings. The highest BCUT2D eigenvalue weighted by molar-refractivity contribution is 6.03. The summed E-state index contributed by atoms with van der Waals surface area (Å²) in [6.45, 7) is -2.95. The molecule has 24 heteroatoms. The summed E-state index contributed by atoms with van der Waals surface area (Å²) in [5.41, 5.74) is -7.59. The van der Waals surface area contributed by atoms with E-state index >= 15 is 0 Å². The van der Waals surface area contributed by atoms with Gasteiger partial charge in [-0.15, -0.1) is 0 Å². The molecule has 0 N–H and O–H groups in total. The van der Waals surface area contributed by atoms with Crippen LogP contribution in [0.15, 0.2) is 0 Å². The van der Waals surface area contributed by atoms with Crippen molar-refractivity contribution in [1.29, 1.82) is 0 Å². The summed E-state index contributed by atoms with van der Waals surface area (Å²) in [6.07, 6.45) is -16.0. The van der Waals surface area contributed by atoms with Crippen molar-refractivity contribution in [3.05, 3.63) is 0 Å². The molecule has 0 spiro atoms. The number of halogens is 20. The number of hydrogen-bond donors (Lipinski definition) is 0. The van der Waals surface area contributed by atoms with E-state index in [4.69, 9.17) is 0 Å². The van der Waals surface area contributed by atoms with Crippen molar-refractivity contribution in [3.63, 3.8) is 0 Å². The van der Waals surface area contributed by atoms with Gasteiger partial charge >= 0.3 is 71.2 Å². The molecular formula is C16H10F20O4. The van der Waals surface area contributed by atoms with E-state index in [9.17, 15) is 97.4 Å². The maximum Gasteiger partial charge on any atom is 0.460 e. The van der Waals surface area contributed by atoms with Gasteiger partial charge in [-0.2, -0.15) is 87.8 Å². The summed E-state index contributed by atoms with van der Waals surface area (Å²) in [7, 11) is 0. The molecule has 0 atom stereocenters. The van der Waals surface area contributed by atoms with E-state index in [1.807, 2.05) is 0 Å². The Hall–Kier alpha value is -2.46. The third kappa shape index (κ3) is 4.55. The fourth-order valence-corrected chi connectivity index (χ4v) is 2.69. The fraction of sp³-hybridized carbons (Fsp3) is 0.875. The van der Waals surface area contributed by atoms with Gasteiger partial charge in [0.1, 0.15) is 0 Å². The van der Waals surface area contributed by atoms with E-state index in [1.54, 1.807) is 0 Å². The van der Waals surface area contributed by atoms with Crippen LogP contribution in [0, 0.1) is 5.41 Å². The highest BCUT2D eigenvalue weighted by Crippen LogP contribution is 2.68. The van der Waals surface area contributed by atoms with Gasteiger partial charge in [0.15, 0.2) is 0 Å². The zero-order valence-electron chi connectivity index (χ0n) is 18.6. The largest absolute Gasteiger partial charge is 0.465 e. The van der Waals surface area contributed by atoms with E-state index in [1.165, 1.54) is 0 Å².